The molecule has 0 saturated carbocycles. The van der Waals surface area contributed by atoms with Gasteiger partial charge in [0.05, 0.1) is 22.2 Å². The minimum absolute atomic E-state index is 0.0223. The third kappa shape index (κ3) is 5.22. The van der Waals surface area contributed by atoms with Crippen LogP contribution in [0.4, 0.5) is 0 Å². The second-order valence-electron chi connectivity index (χ2n) is 5.57. The maximum Gasteiger partial charge on any atom is 0.269 e. The quantitative estimate of drug-likeness (QED) is 0.625. The van der Waals surface area contributed by atoms with Gasteiger partial charge in [-0.2, -0.15) is 0 Å². The van der Waals surface area contributed by atoms with Gasteiger partial charge in [-0.05, 0) is 82.1 Å². The third-order valence-corrected chi connectivity index (χ3v) is 4.50. The smallest absolute Gasteiger partial charge is 0.269 e. The summed E-state index contributed by atoms with van der Waals surface area (Å²) >= 11 is 6.69. The maximum absolute atomic E-state index is 12.2. The van der Waals surface area contributed by atoms with E-state index in [0.717, 1.165) is 0 Å². The standard InChI is InChI=1S/C18H18Br2N2O4/c1-10(2)26-16-7-5-12(9-14(16)20)18(24)22-21-17(23)11-4-6-15(25-3)13(19)8-11/h4-10H,1-3H3,(H,21,23)(H,22,24). The number of methoxy groups -OCH3 is 1. The van der Waals surface area contributed by atoms with Crippen LogP contribution in [0.15, 0.2) is 45.3 Å². The first-order valence-electron chi connectivity index (χ1n) is 7.72. The summed E-state index contributed by atoms with van der Waals surface area (Å²) < 4.78 is 12.0. The van der Waals surface area contributed by atoms with Crippen LogP contribution in [0.2, 0.25) is 0 Å². The molecular formula is C18H18Br2N2O4. The zero-order valence-electron chi connectivity index (χ0n) is 14.4. The third-order valence-electron chi connectivity index (χ3n) is 3.26. The van der Waals surface area contributed by atoms with E-state index in [9.17, 15) is 9.59 Å². The molecule has 0 aliphatic heterocycles. The molecule has 2 aromatic carbocycles. The van der Waals surface area contributed by atoms with Crippen LogP contribution in [0.3, 0.4) is 0 Å². The molecule has 2 aromatic rings. The van der Waals surface area contributed by atoms with Crippen molar-refractivity contribution in [3.63, 3.8) is 0 Å². The summed E-state index contributed by atoms with van der Waals surface area (Å²) in [4.78, 5) is 24.4. The summed E-state index contributed by atoms with van der Waals surface area (Å²) in [7, 11) is 1.54. The van der Waals surface area contributed by atoms with Crippen LogP contribution < -0.4 is 20.3 Å². The molecule has 0 saturated heterocycles. The number of carbonyl (C=O) groups excluding carboxylic acids is 2. The van der Waals surface area contributed by atoms with Crippen LogP contribution in [0.5, 0.6) is 11.5 Å². The molecule has 0 aliphatic carbocycles. The Kier molecular flexibility index (Phi) is 7.05. The lowest BCUT2D eigenvalue weighted by atomic mass is 10.2. The summed E-state index contributed by atoms with van der Waals surface area (Å²) in [5.41, 5.74) is 5.52. The number of carbonyl (C=O) groups is 2. The van der Waals surface area contributed by atoms with Crippen molar-refractivity contribution in [1.29, 1.82) is 0 Å². The van der Waals surface area contributed by atoms with E-state index in [4.69, 9.17) is 9.47 Å². The van der Waals surface area contributed by atoms with Crippen LogP contribution in [-0.2, 0) is 0 Å². The Morgan fingerprint density at radius 3 is 1.73 bits per heavy atom. The van der Waals surface area contributed by atoms with Gasteiger partial charge in [-0.3, -0.25) is 20.4 Å². The topological polar surface area (TPSA) is 76.7 Å². The molecule has 0 bridgehead atoms. The van der Waals surface area contributed by atoms with E-state index in [-0.39, 0.29) is 6.10 Å². The van der Waals surface area contributed by atoms with Gasteiger partial charge in [0, 0.05) is 11.1 Å². The molecule has 0 heterocycles. The van der Waals surface area contributed by atoms with Gasteiger partial charge >= 0.3 is 0 Å². The fourth-order valence-electron chi connectivity index (χ4n) is 2.06. The van der Waals surface area contributed by atoms with Crippen molar-refractivity contribution in [2.24, 2.45) is 0 Å². The number of benzene rings is 2. The molecular weight excluding hydrogens is 468 g/mol. The van der Waals surface area contributed by atoms with E-state index in [2.05, 4.69) is 42.7 Å². The molecule has 0 aliphatic rings. The number of rotatable bonds is 5. The minimum Gasteiger partial charge on any atom is -0.496 e. The van der Waals surface area contributed by atoms with Gasteiger partial charge in [0.2, 0.25) is 0 Å². The summed E-state index contributed by atoms with van der Waals surface area (Å²) in [6.07, 6.45) is 0.0223. The number of halogens is 2. The Balaban J connectivity index is 2.00. The molecule has 2 rings (SSSR count). The number of hydrazine groups is 1. The van der Waals surface area contributed by atoms with Gasteiger partial charge in [-0.25, -0.2) is 0 Å². The van der Waals surface area contributed by atoms with Gasteiger partial charge in [0.15, 0.2) is 0 Å². The van der Waals surface area contributed by atoms with Gasteiger partial charge < -0.3 is 9.47 Å². The lowest BCUT2D eigenvalue weighted by molar-refractivity contribution is 0.0846. The highest BCUT2D eigenvalue weighted by Crippen LogP contribution is 2.27. The van der Waals surface area contributed by atoms with E-state index < -0.39 is 11.8 Å². The van der Waals surface area contributed by atoms with Crippen molar-refractivity contribution in [2.45, 2.75) is 20.0 Å². The van der Waals surface area contributed by atoms with Gasteiger partial charge in [0.25, 0.3) is 11.8 Å². The molecule has 6 nitrogen and oxygen atoms in total. The number of nitrogens with one attached hydrogen (secondary N) is 2. The Hall–Kier alpha value is -2.06. The molecule has 138 valence electrons. The highest BCUT2D eigenvalue weighted by atomic mass is 79.9. The molecule has 0 aromatic heterocycles. The molecule has 0 atom stereocenters. The lowest BCUT2D eigenvalue weighted by Crippen LogP contribution is -2.41. The number of ether oxygens (including phenoxy) is 2. The number of hydrogen-bond acceptors (Lipinski definition) is 4. The van der Waals surface area contributed by atoms with E-state index in [1.807, 2.05) is 13.8 Å². The molecule has 0 spiro atoms. The normalized spacial score (nSPS) is 10.4. The van der Waals surface area contributed by atoms with Crippen molar-refractivity contribution in [2.75, 3.05) is 7.11 Å². The fourth-order valence-corrected chi connectivity index (χ4v) is 3.07. The number of hydrogen-bond donors (Lipinski definition) is 2. The van der Waals surface area contributed by atoms with Gasteiger partial charge in [-0.1, -0.05) is 0 Å². The average Bonchev–Trinajstić information content (AvgIpc) is 2.60. The minimum atomic E-state index is -0.444. The van der Waals surface area contributed by atoms with Crippen LogP contribution in [-0.4, -0.2) is 25.0 Å². The summed E-state index contributed by atoms with van der Waals surface area (Å²) in [5.74, 6) is 0.367. The van der Waals surface area contributed by atoms with E-state index >= 15 is 0 Å². The molecule has 8 heteroatoms. The Morgan fingerprint density at radius 1 is 0.885 bits per heavy atom. The van der Waals surface area contributed by atoms with E-state index in [1.54, 1.807) is 36.4 Å². The summed E-state index contributed by atoms with van der Waals surface area (Å²) in [6.45, 7) is 3.83. The fraction of sp³-hybridized carbons (Fsp3) is 0.222. The van der Waals surface area contributed by atoms with Crippen LogP contribution in [0.1, 0.15) is 34.6 Å². The summed E-state index contributed by atoms with van der Waals surface area (Å²) in [5, 5.41) is 0. The van der Waals surface area contributed by atoms with Crippen molar-refractivity contribution < 1.29 is 19.1 Å². The Bertz CT molecular complexity index is 825. The van der Waals surface area contributed by atoms with Crippen LogP contribution in [0.25, 0.3) is 0 Å². The Morgan fingerprint density at radius 2 is 1.35 bits per heavy atom. The average molecular weight is 486 g/mol. The largest absolute Gasteiger partial charge is 0.496 e. The lowest BCUT2D eigenvalue weighted by Gasteiger charge is -2.13. The maximum atomic E-state index is 12.2. The SMILES string of the molecule is COc1ccc(C(=O)NNC(=O)c2ccc(OC(C)C)c(Br)c2)cc1Br. The summed E-state index contributed by atoms with van der Waals surface area (Å²) in [6, 6.07) is 9.80. The van der Waals surface area contributed by atoms with Crippen LogP contribution >= 0.6 is 31.9 Å². The first kappa shape index (κ1) is 20.3. The van der Waals surface area contributed by atoms with E-state index in [1.165, 1.54) is 7.11 Å². The van der Waals surface area contributed by atoms with E-state index in [0.29, 0.717) is 31.6 Å². The predicted molar refractivity (Wildman–Crippen MR) is 106 cm³/mol. The zero-order valence-corrected chi connectivity index (χ0v) is 17.6. The predicted octanol–water partition coefficient (Wildman–Crippen LogP) is 4.08. The molecule has 0 unspecified atom stereocenters. The molecule has 0 radical (unpaired) electrons. The zero-order chi connectivity index (χ0) is 19.3. The molecule has 2 N–H and O–H groups in total. The number of amides is 2. The highest BCUT2D eigenvalue weighted by Gasteiger charge is 2.13. The van der Waals surface area contributed by atoms with Gasteiger partial charge in [0.1, 0.15) is 11.5 Å². The second kappa shape index (κ2) is 9.05. The van der Waals surface area contributed by atoms with Gasteiger partial charge in [-0.15, -0.1) is 0 Å². The van der Waals surface area contributed by atoms with Crippen molar-refractivity contribution in [3.05, 3.63) is 56.5 Å². The van der Waals surface area contributed by atoms with Crippen molar-refractivity contribution >= 4 is 43.7 Å². The highest BCUT2D eigenvalue weighted by molar-refractivity contribution is 9.10. The van der Waals surface area contributed by atoms with Crippen molar-refractivity contribution in [1.82, 2.24) is 10.9 Å². The first-order valence-corrected chi connectivity index (χ1v) is 9.31. The second-order valence-corrected chi connectivity index (χ2v) is 7.28. The van der Waals surface area contributed by atoms with Crippen LogP contribution in [0, 0.1) is 0 Å². The molecule has 2 amide bonds. The molecule has 26 heavy (non-hydrogen) atoms. The first-order chi connectivity index (χ1) is 12.3. The van der Waals surface area contributed by atoms with Crippen molar-refractivity contribution in [3.8, 4) is 11.5 Å². The monoisotopic (exact) mass is 484 g/mol. The molecule has 0 fully saturated rings. The Labute approximate surface area is 168 Å².